The maximum absolute atomic E-state index is 12.8. The minimum absolute atomic E-state index is 0.0282. The molecule has 1 aliphatic heterocycles. The van der Waals surface area contributed by atoms with Gasteiger partial charge in [0.15, 0.2) is 9.84 Å². The van der Waals surface area contributed by atoms with E-state index in [1.54, 1.807) is 16.7 Å². The van der Waals surface area contributed by atoms with E-state index in [9.17, 15) is 13.2 Å². The molecule has 6 heteroatoms. The Bertz CT molecular complexity index is 685. The van der Waals surface area contributed by atoms with E-state index in [-0.39, 0.29) is 28.7 Å². The zero-order valence-corrected chi connectivity index (χ0v) is 15.8. The van der Waals surface area contributed by atoms with Crippen LogP contribution in [0.5, 0.6) is 0 Å². The van der Waals surface area contributed by atoms with Crippen molar-refractivity contribution in [1.82, 2.24) is 4.90 Å². The van der Waals surface area contributed by atoms with Crippen molar-refractivity contribution in [2.75, 3.05) is 18.1 Å². The summed E-state index contributed by atoms with van der Waals surface area (Å²) in [5.41, 5.74) is 2.33. The number of hydrogen-bond acceptors (Lipinski definition) is 4. The summed E-state index contributed by atoms with van der Waals surface area (Å²) < 4.78 is 23.4. The first-order valence-corrected chi connectivity index (χ1v) is 10.7. The van der Waals surface area contributed by atoms with E-state index in [0.717, 1.165) is 10.5 Å². The molecule has 0 aromatic heterocycles. The van der Waals surface area contributed by atoms with Crippen LogP contribution in [0.3, 0.4) is 0 Å². The fourth-order valence-electron chi connectivity index (χ4n) is 2.92. The molecular weight excluding hydrogens is 330 g/mol. The molecule has 0 radical (unpaired) electrons. The van der Waals surface area contributed by atoms with Crippen molar-refractivity contribution in [3.8, 4) is 0 Å². The van der Waals surface area contributed by atoms with Gasteiger partial charge in [0, 0.05) is 17.5 Å². The molecular formula is C17H25NO3S2. The summed E-state index contributed by atoms with van der Waals surface area (Å²) >= 11 is 1.55. The van der Waals surface area contributed by atoms with Gasteiger partial charge >= 0.3 is 0 Å². The van der Waals surface area contributed by atoms with E-state index in [1.807, 2.05) is 27.7 Å². The number of carbonyl (C=O) groups excluding carboxylic acids is 1. The molecule has 0 bridgehead atoms. The summed E-state index contributed by atoms with van der Waals surface area (Å²) in [5.74, 6) is 0.327. The van der Waals surface area contributed by atoms with Gasteiger partial charge in [-0.2, -0.15) is 0 Å². The lowest BCUT2D eigenvalue weighted by Gasteiger charge is -2.29. The van der Waals surface area contributed by atoms with E-state index in [0.29, 0.717) is 13.0 Å². The quantitative estimate of drug-likeness (QED) is 0.762. The van der Waals surface area contributed by atoms with Gasteiger partial charge in [0.05, 0.1) is 16.8 Å². The third-order valence-electron chi connectivity index (χ3n) is 4.27. The first-order valence-electron chi connectivity index (χ1n) is 7.98. The number of hydrogen-bond donors (Lipinski definition) is 0. The van der Waals surface area contributed by atoms with Crippen molar-refractivity contribution in [1.29, 1.82) is 0 Å². The first-order chi connectivity index (χ1) is 10.7. The third kappa shape index (κ3) is 4.51. The number of sulfone groups is 1. The fourth-order valence-corrected chi connectivity index (χ4v) is 5.78. The van der Waals surface area contributed by atoms with Crippen molar-refractivity contribution >= 4 is 27.5 Å². The Morgan fingerprint density at radius 2 is 2.09 bits per heavy atom. The first kappa shape index (κ1) is 18.3. The van der Waals surface area contributed by atoms with Gasteiger partial charge < -0.3 is 4.90 Å². The number of carbonyl (C=O) groups is 1. The Kier molecular flexibility index (Phi) is 5.79. The summed E-state index contributed by atoms with van der Waals surface area (Å²) in [6.07, 6.45) is 0.558. The molecule has 0 spiro atoms. The predicted octanol–water partition coefficient (Wildman–Crippen LogP) is 2.82. The van der Waals surface area contributed by atoms with E-state index in [4.69, 9.17) is 0 Å². The van der Waals surface area contributed by atoms with E-state index >= 15 is 0 Å². The molecule has 4 nitrogen and oxygen atoms in total. The molecule has 1 heterocycles. The van der Waals surface area contributed by atoms with Crippen molar-refractivity contribution in [2.24, 2.45) is 0 Å². The second-order valence-corrected chi connectivity index (χ2v) is 9.82. The largest absolute Gasteiger partial charge is 0.338 e. The van der Waals surface area contributed by atoms with Gasteiger partial charge in [0.1, 0.15) is 0 Å². The molecule has 128 valence electrons. The molecule has 2 rings (SSSR count). The summed E-state index contributed by atoms with van der Waals surface area (Å²) in [6.45, 7) is 8.45. The van der Waals surface area contributed by atoms with Crippen molar-refractivity contribution in [2.45, 2.75) is 50.3 Å². The minimum atomic E-state index is -2.98. The molecule has 1 fully saturated rings. The number of benzene rings is 1. The predicted molar refractivity (Wildman–Crippen MR) is 95.7 cm³/mol. The number of rotatable bonds is 5. The Labute approximate surface area is 143 Å². The Morgan fingerprint density at radius 1 is 1.39 bits per heavy atom. The van der Waals surface area contributed by atoms with Crippen LogP contribution in [-0.2, 0) is 14.6 Å². The molecule has 1 aromatic carbocycles. The van der Waals surface area contributed by atoms with Gasteiger partial charge in [0.2, 0.25) is 5.91 Å². The van der Waals surface area contributed by atoms with Crippen LogP contribution < -0.4 is 0 Å². The SMILES string of the molecule is CCN(C(=O)[C@@H](C)Sc1cc(C)ccc1C)[C@H]1CCS(=O)(=O)C1. The van der Waals surface area contributed by atoms with Crippen LogP contribution in [-0.4, -0.2) is 48.6 Å². The van der Waals surface area contributed by atoms with Crippen molar-refractivity contribution in [3.05, 3.63) is 29.3 Å². The minimum Gasteiger partial charge on any atom is -0.338 e. The normalized spacial score (nSPS) is 21.1. The molecule has 1 saturated heterocycles. The number of thioether (sulfide) groups is 1. The summed E-state index contributed by atoms with van der Waals surface area (Å²) in [7, 11) is -2.98. The maximum Gasteiger partial charge on any atom is 0.236 e. The average Bonchev–Trinajstić information content (AvgIpc) is 2.83. The van der Waals surface area contributed by atoms with Crippen LogP contribution in [0.4, 0.5) is 0 Å². The van der Waals surface area contributed by atoms with Crippen LogP contribution in [0.25, 0.3) is 0 Å². The maximum atomic E-state index is 12.8. The molecule has 0 aliphatic carbocycles. The summed E-state index contributed by atoms with van der Waals surface area (Å²) in [5, 5.41) is -0.223. The summed E-state index contributed by atoms with van der Waals surface area (Å²) in [4.78, 5) is 15.6. The van der Waals surface area contributed by atoms with E-state index in [2.05, 4.69) is 18.2 Å². The Balaban J connectivity index is 2.10. The molecule has 1 aromatic rings. The lowest BCUT2D eigenvalue weighted by molar-refractivity contribution is -0.131. The van der Waals surface area contributed by atoms with Crippen LogP contribution in [0.15, 0.2) is 23.1 Å². The number of aryl methyl sites for hydroxylation is 2. The van der Waals surface area contributed by atoms with Gasteiger partial charge in [-0.3, -0.25) is 4.79 Å². The van der Waals surface area contributed by atoms with E-state index < -0.39 is 9.84 Å². The zero-order valence-electron chi connectivity index (χ0n) is 14.2. The van der Waals surface area contributed by atoms with Gasteiger partial charge in [-0.25, -0.2) is 8.42 Å². The lowest BCUT2D eigenvalue weighted by atomic mass is 10.2. The Hall–Kier alpha value is -1.01. The number of amides is 1. The lowest BCUT2D eigenvalue weighted by Crippen LogP contribution is -2.44. The second-order valence-electron chi connectivity index (χ2n) is 6.21. The van der Waals surface area contributed by atoms with Crippen LogP contribution >= 0.6 is 11.8 Å². The fraction of sp³-hybridized carbons (Fsp3) is 0.588. The van der Waals surface area contributed by atoms with Crippen molar-refractivity contribution < 1.29 is 13.2 Å². The molecule has 1 aliphatic rings. The second kappa shape index (κ2) is 7.26. The highest BCUT2D eigenvalue weighted by molar-refractivity contribution is 8.00. The Morgan fingerprint density at radius 3 is 2.65 bits per heavy atom. The molecule has 23 heavy (non-hydrogen) atoms. The van der Waals surface area contributed by atoms with Crippen molar-refractivity contribution in [3.63, 3.8) is 0 Å². The van der Waals surface area contributed by atoms with Crippen LogP contribution in [0, 0.1) is 13.8 Å². The molecule has 2 atom stereocenters. The highest BCUT2D eigenvalue weighted by Crippen LogP contribution is 2.29. The topological polar surface area (TPSA) is 54.5 Å². The zero-order chi connectivity index (χ0) is 17.2. The van der Waals surface area contributed by atoms with Gasteiger partial charge in [-0.1, -0.05) is 17.7 Å². The monoisotopic (exact) mass is 355 g/mol. The molecule has 0 unspecified atom stereocenters. The average molecular weight is 356 g/mol. The standard InChI is InChI=1S/C17H25NO3S2/c1-5-18(15-8-9-23(20,21)11-15)17(19)14(4)22-16-10-12(2)6-7-13(16)3/h6-7,10,14-15H,5,8-9,11H2,1-4H3/t14-,15+/m1/s1. The van der Waals surface area contributed by atoms with Gasteiger partial charge in [-0.05, 0) is 45.7 Å². The summed E-state index contributed by atoms with van der Waals surface area (Å²) in [6, 6.07) is 6.06. The third-order valence-corrected chi connectivity index (χ3v) is 7.27. The molecule has 1 amide bonds. The van der Waals surface area contributed by atoms with E-state index in [1.165, 1.54) is 5.56 Å². The van der Waals surface area contributed by atoms with Crippen LogP contribution in [0.1, 0.15) is 31.4 Å². The number of nitrogens with zero attached hydrogens (tertiary/aromatic N) is 1. The van der Waals surface area contributed by atoms with Gasteiger partial charge in [0.25, 0.3) is 0 Å². The molecule has 0 saturated carbocycles. The van der Waals surface area contributed by atoms with Gasteiger partial charge in [-0.15, -0.1) is 11.8 Å². The van der Waals surface area contributed by atoms with Crippen LogP contribution in [0.2, 0.25) is 0 Å². The molecule has 0 N–H and O–H groups in total. The smallest absolute Gasteiger partial charge is 0.236 e. The highest BCUT2D eigenvalue weighted by Gasteiger charge is 2.35. The highest BCUT2D eigenvalue weighted by atomic mass is 32.2.